The van der Waals surface area contributed by atoms with Gasteiger partial charge in [-0.3, -0.25) is 0 Å². The Morgan fingerprint density at radius 1 is 1.10 bits per heavy atom. The lowest BCUT2D eigenvalue weighted by Gasteiger charge is -2.32. The molecule has 5 heteroatoms. The minimum atomic E-state index is 0.819. The van der Waals surface area contributed by atoms with E-state index in [2.05, 4.69) is 27.2 Å². The Hall–Kier alpha value is -0.810. The van der Waals surface area contributed by atoms with Crippen LogP contribution in [0, 0.1) is 0 Å². The lowest BCUT2D eigenvalue weighted by Crippen LogP contribution is -2.44. The number of anilines is 1. The number of hydrogen-bond acceptors (Lipinski definition) is 4. The molecular weight excluding hydrogens is 286 g/mol. The third kappa shape index (κ3) is 4.10. The highest BCUT2D eigenvalue weighted by Gasteiger charge is 2.16. The molecule has 2 fully saturated rings. The van der Waals surface area contributed by atoms with Crippen LogP contribution in [0.5, 0.6) is 0 Å². The highest BCUT2D eigenvalue weighted by molar-refractivity contribution is 6.30. The molecule has 0 amide bonds. The van der Waals surface area contributed by atoms with Crippen LogP contribution in [0.4, 0.5) is 5.69 Å². The zero-order valence-corrected chi connectivity index (χ0v) is 13.2. The van der Waals surface area contributed by atoms with E-state index in [0.717, 1.165) is 70.5 Å². The summed E-state index contributed by atoms with van der Waals surface area (Å²) in [5.41, 5.74) is 2.70. The summed E-state index contributed by atoms with van der Waals surface area (Å²) < 4.78 is 5.46. The molecular formula is C16H24ClN3O. The average molecular weight is 310 g/mol. The first-order valence-corrected chi connectivity index (χ1v) is 8.25. The molecule has 3 rings (SSSR count). The van der Waals surface area contributed by atoms with Crippen LogP contribution >= 0.6 is 11.6 Å². The second-order valence-electron chi connectivity index (χ2n) is 5.71. The van der Waals surface area contributed by atoms with Crippen molar-refractivity contribution in [1.29, 1.82) is 0 Å². The minimum absolute atomic E-state index is 0.819. The highest BCUT2D eigenvalue weighted by Crippen LogP contribution is 2.26. The lowest BCUT2D eigenvalue weighted by atomic mass is 10.1. The van der Waals surface area contributed by atoms with Gasteiger partial charge in [-0.2, -0.15) is 0 Å². The molecule has 116 valence electrons. The standard InChI is InChI=1S/C16H24ClN3O/c17-15-1-2-16(20-9-11-21-12-10-20)14(13-15)3-6-19-7-4-18-5-8-19/h1-2,13,18H,3-12H2. The van der Waals surface area contributed by atoms with E-state index in [4.69, 9.17) is 16.3 Å². The molecule has 0 atom stereocenters. The molecule has 2 aliphatic heterocycles. The molecule has 0 spiro atoms. The predicted molar refractivity (Wildman–Crippen MR) is 87.5 cm³/mol. The van der Waals surface area contributed by atoms with Crippen LogP contribution in [0.1, 0.15) is 5.56 Å². The summed E-state index contributed by atoms with van der Waals surface area (Å²) in [6.45, 7) is 9.20. The quantitative estimate of drug-likeness (QED) is 0.915. The number of halogens is 1. The number of piperazine rings is 1. The van der Waals surface area contributed by atoms with Crippen LogP contribution in [0.15, 0.2) is 18.2 Å². The number of nitrogens with one attached hydrogen (secondary N) is 1. The van der Waals surface area contributed by atoms with Gasteiger partial charge in [-0.25, -0.2) is 0 Å². The van der Waals surface area contributed by atoms with Crippen molar-refractivity contribution < 1.29 is 4.74 Å². The topological polar surface area (TPSA) is 27.7 Å². The Morgan fingerprint density at radius 3 is 2.62 bits per heavy atom. The monoisotopic (exact) mass is 309 g/mol. The molecule has 2 heterocycles. The van der Waals surface area contributed by atoms with Crippen molar-refractivity contribution in [3.8, 4) is 0 Å². The van der Waals surface area contributed by atoms with Gasteiger partial charge in [-0.1, -0.05) is 11.6 Å². The molecule has 0 radical (unpaired) electrons. The molecule has 1 aromatic carbocycles. The van der Waals surface area contributed by atoms with Crippen LogP contribution in [-0.4, -0.2) is 63.9 Å². The van der Waals surface area contributed by atoms with E-state index < -0.39 is 0 Å². The molecule has 2 aliphatic rings. The van der Waals surface area contributed by atoms with Crippen LogP contribution in [0.25, 0.3) is 0 Å². The van der Waals surface area contributed by atoms with Crippen molar-refractivity contribution in [3.63, 3.8) is 0 Å². The van der Waals surface area contributed by atoms with E-state index in [1.807, 2.05) is 6.07 Å². The van der Waals surface area contributed by atoms with E-state index >= 15 is 0 Å². The Morgan fingerprint density at radius 2 is 1.86 bits per heavy atom. The summed E-state index contributed by atoms with van der Waals surface area (Å²) in [5, 5.41) is 4.24. The molecule has 0 aromatic heterocycles. The predicted octanol–water partition coefficient (Wildman–Crippen LogP) is 1.62. The first-order chi connectivity index (χ1) is 10.3. The first kappa shape index (κ1) is 15.1. The van der Waals surface area contributed by atoms with Crippen molar-refractivity contribution in [2.24, 2.45) is 0 Å². The zero-order chi connectivity index (χ0) is 14.5. The second kappa shape index (κ2) is 7.45. The van der Waals surface area contributed by atoms with Gasteiger partial charge < -0.3 is 19.9 Å². The molecule has 0 aliphatic carbocycles. The van der Waals surface area contributed by atoms with Gasteiger partial charge >= 0.3 is 0 Å². The minimum Gasteiger partial charge on any atom is -0.378 e. The fourth-order valence-corrected chi connectivity index (χ4v) is 3.28. The Kier molecular flexibility index (Phi) is 5.36. The summed E-state index contributed by atoms with van der Waals surface area (Å²) in [4.78, 5) is 4.95. The van der Waals surface area contributed by atoms with Gasteiger partial charge in [0.2, 0.25) is 0 Å². The van der Waals surface area contributed by atoms with Crippen molar-refractivity contribution in [2.45, 2.75) is 6.42 Å². The van der Waals surface area contributed by atoms with Gasteiger partial charge in [0.25, 0.3) is 0 Å². The fraction of sp³-hybridized carbons (Fsp3) is 0.625. The second-order valence-corrected chi connectivity index (χ2v) is 6.15. The highest BCUT2D eigenvalue weighted by atomic mass is 35.5. The number of hydrogen-bond donors (Lipinski definition) is 1. The molecule has 1 N–H and O–H groups in total. The number of morpholine rings is 1. The number of benzene rings is 1. The van der Waals surface area contributed by atoms with E-state index in [1.54, 1.807) is 0 Å². The molecule has 2 saturated heterocycles. The van der Waals surface area contributed by atoms with Gasteiger partial charge in [0.05, 0.1) is 13.2 Å². The lowest BCUT2D eigenvalue weighted by molar-refractivity contribution is 0.122. The van der Waals surface area contributed by atoms with Crippen LogP contribution < -0.4 is 10.2 Å². The summed E-state index contributed by atoms with van der Waals surface area (Å²) in [5.74, 6) is 0. The maximum absolute atomic E-state index is 6.21. The summed E-state index contributed by atoms with van der Waals surface area (Å²) >= 11 is 6.21. The zero-order valence-electron chi connectivity index (χ0n) is 12.5. The van der Waals surface area contributed by atoms with Gasteiger partial charge in [-0.05, 0) is 30.2 Å². The van der Waals surface area contributed by atoms with E-state index in [9.17, 15) is 0 Å². The van der Waals surface area contributed by atoms with Gasteiger partial charge in [0.1, 0.15) is 0 Å². The Balaban J connectivity index is 1.68. The van der Waals surface area contributed by atoms with Crippen LogP contribution in [0.3, 0.4) is 0 Å². The Labute approximate surface area is 132 Å². The maximum Gasteiger partial charge on any atom is 0.0642 e. The number of rotatable bonds is 4. The Bertz CT molecular complexity index is 457. The summed E-state index contributed by atoms with van der Waals surface area (Å²) in [7, 11) is 0. The SMILES string of the molecule is Clc1ccc(N2CCOCC2)c(CCN2CCNCC2)c1. The van der Waals surface area contributed by atoms with Gasteiger partial charge in [-0.15, -0.1) is 0 Å². The van der Waals surface area contributed by atoms with E-state index in [0.29, 0.717) is 0 Å². The van der Waals surface area contributed by atoms with Crippen molar-refractivity contribution in [1.82, 2.24) is 10.2 Å². The van der Waals surface area contributed by atoms with Crippen LogP contribution in [-0.2, 0) is 11.2 Å². The largest absolute Gasteiger partial charge is 0.378 e. The smallest absolute Gasteiger partial charge is 0.0642 e. The molecule has 21 heavy (non-hydrogen) atoms. The molecule has 1 aromatic rings. The van der Waals surface area contributed by atoms with Gasteiger partial charge in [0, 0.05) is 56.5 Å². The average Bonchev–Trinajstić information content (AvgIpc) is 2.55. The maximum atomic E-state index is 6.21. The number of nitrogens with zero attached hydrogens (tertiary/aromatic N) is 2. The summed E-state index contributed by atoms with van der Waals surface area (Å²) in [6, 6.07) is 6.30. The first-order valence-electron chi connectivity index (χ1n) is 7.87. The van der Waals surface area contributed by atoms with Crippen molar-refractivity contribution >= 4 is 17.3 Å². The fourth-order valence-electron chi connectivity index (χ4n) is 3.08. The van der Waals surface area contributed by atoms with E-state index in [1.165, 1.54) is 11.3 Å². The summed E-state index contributed by atoms with van der Waals surface area (Å²) in [6.07, 6.45) is 1.06. The van der Waals surface area contributed by atoms with Crippen molar-refractivity contribution in [3.05, 3.63) is 28.8 Å². The van der Waals surface area contributed by atoms with Gasteiger partial charge in [0.15, 0.2) is 0 Å². The molecule has 0 bridgehead atoms. The third-order valence-electron chi connectivity index (χ3n) is 4.30. The van der Waals surface area contributed by atoms with Crippen LogP contribution in [0.2, 0.25) is 5.02 Å². The molecule has 0 unspecified atom stereocenters. The normalized spacial score (nSPS) is 20.7. The third-order valence-corrected chi connectivity index (χ3v) is 4.54. The number of ether oxygens (including phenoxy) is 1. The molecule has 4 nitrogen and oxygen atoms in total. The molecule has 0 saturated carbocycles. The van der Waals surface area contributed by atoms with E-state index in [-0.39, 0.29) is 0 Å². The van der Waals surface area contributed by atoms with Crippen molar-refractivity contribution in [2.75, 3.05) is 63.9 Å².